The van der Waals surface area contributed by atoms with Gasteiger partial charge in [0.1, 0.15) is 18.1 Å². The molecule has 3 amide bonds. The number of hydrogen-bond acceptors (Lipinski definition) is 8. The lowest BCUT2D eigenvalue weighted by atomic mass is 10.0. The van der Waals surface area contributed by atoms with Crippen LogP contribution in [0.4, 0.5) is 0 Å². The molecule has 10 N–H and O–H groups in total. The van der Waals surface area contributed by atoms with Gasteiger partial charge in [0.15, 0.2) is 0 Å². The summed E-state index contributed by atoms with van der Waals surface area (Å²) in [5, 5.41) is 27.1. The first-order chi connectivity index (χ1) is 19.1. The number of carbonyl (C=O) groups excluding carboxylic acids is 3. The number of aromatic nitrogens is 1. The molecule has 0 saturated carbocycles. The van der Waals surface area contributed by atoms with Gasteiger partial charge in [0, 0.05) is 23.5 Å². The van der Waals surface area contributed by atoms with E-state index in [4.69, 9.17) is 11.5 Å². The van der Waals surface area contributed by atoms with E-state index >= 15 is 0 Å². The number of para-hydroxylation sites is 1. The van der Waals surface area contributed by atoms with Crippen LogP contribution in [0.3, 0.4) is 0 Å². The van der Waals surface area contributed by atoms with Crippen LogP contribution < -0.4 is 27.4 Å². The minimum atomic E-state index is -1.51. The van der Waals surface area contributed by atoms with Crippen molar-refractivity contribution in [1.82, 2.24) is 20.9 Å². The van der Waals surface area contributed by atoms with Gasteiger partial charge in [-0.25, -0.2) is 4.79 Å². The second-order valence-corrected chi connectivity index (χ2v) is 10.3. The van der Waals surface area contributed by atoms with Crippen LogP contribution >= 0.6 is 11.8 Å². The Balaban J connectivity index is 2.29. The molecule has 0 saturated heterocycles. The quantitative estimate of drug-likeness (QED) is 0.110. The normalized spacial score (nSPS) is 14.1. The van der Waals surface area contributed by atoms with E-state index in [-0.39, 0.29) is 12.8 Å². The lowest BCUT2D eigenvalue weighted by molar-refractivity contribution is -0.143. The van der Waals surface area contributed by atoms with Crippen molar-refractivity contribution in [2.45, 2.75) is 62.7 Å². The summed E-state index contributed by atoms with van der Waals surface area (Å²) < 4.78 is 0. The first-order valence-corrected chi connectivity index (χ1v) is 14.3. The van der Waals surface area contributed by atoms with Gasteiger partial charge in [0.2, 0.25) is 17.7 Å². The maximum Gasteiger partial charge on any atom is 0.326 e. The van der Waals surface area contributed by atoms with Crippen molar-refractivity contribution in [3.63, 3.8) is 0 Å². The summed E-state index contributed by atoms with van der Waals surface area (Å²) in [5.41, 5.74) is 12.8. The van der Waals surface area contributed by atoms with Gasteiger partial charge in [-0.1, -0.05) is 18.2 Å². The molecule has 4 unspecified atom stereocenters. The fourth-order valence-electron chi connectivity index (χ4n) is 4.06. The molecule has 40 heavy (non-hydrogen) atoms. The Labute approximate surface area is 236 Å². The number of carboxylic acids is 2. The molecule has 220 valence electrons. The summed E-state index contributed by atoms with van der Waals surface area (Å²) in [6, 6.07) is 2.35. The molecular formula is C26H38N6O7S. The molecule has 1 aromatic carbocycles. The van der Waals surface area contributed by atoms with Crippen molar-refractivity contribution in [2.24, 2.45) is 11.5 Å². The summed E-state index contributed by atoms with van der Waals surface area (Å²) in [6.07, 6.45) is 4.24. The molecule has 1 aromatic heterocycles. The summed E-state index contributed by atoms with van der Waals surface area (Å²) in [6.45, 7) is 0.372. The highest BCUT2D eigenvalue weighted by Crippen LogP contribution is 2.19. The number of aromatic amines is 1. The van der Waals surface area contributed by atoms with Gasteiger partial charge in [0.25, 0.3) is 0 Å². The van der Waals surface area contributed by atoms with E-state index in [9.17, 15) is 34.2 Å². The van der Waals surface area contributed by atoms with Crippen LogP contribution in [0, 0.1) is 0 Å². The van der Waals surface area contributed by atoms with Gasteiger partial charge in [-0.3, -0.25) is 19.2 Å². The average molecular weight is 579 g/mol. The number of aliphatic carboxylic acids is 2. The SMILES string of the molecule is CSCCC(N)C(=O)NC(CC(=O)O)C(=O)NC(Cc1c[nH]c2ccccc12)C(=O)NC(CCCCN)C(=O)O. The topological polar surface area (TPSA) is 230 Å². The van der Waals surface area contributed by atoms with Crippen LogP contribution in [-0.4, -0.2) is 87.6 Å². The predicted molar refractivity (Wildman–Crippen MR) is 152 cm³/mol. The Morgan fingerprint density at radius 3 is 2.23 bits per heavy atom. The maximum atomic E-state index is 13.3. The fourth-order valence-corrected chi connectivity index (χ4v) is 4.55. The third kappa shape index (κ3) is 10.2. The van der Waals surface area contributed by atoms with E-state index in [1.54, 1.807) is 6.20 Å². The molecule has 0 spiro atoms. The maximum absolute atomic E-state index is 13.3. The van der Waals surface area contributed by atoms with Gasteiger partial charge in [-0.15, -0.1) is 0 Å². The van der Waals surface area contributed by atoms with E-state index in [1.807, 2.05) is 30.5 Å². The molecule has 14 heteroatoms. The van der Waals surface area contributed by atoms with Crippen molar-refractivity contribution in [3.05, 3.63) is 36.0 Å². The zero-order valence-corrected chi connectivity index (χ0v) is 23.2. The Bertz CT molecular complexity index is 1170. The molecule has 0 aliphatic carbocycles. The lowest BCUT2D eigenvalue weighted by Crippen LogP contribution is -2.58. The lowest BCUT2D eigenvalue weighted by Gasteiger charge is -2.24. The largest absolute Gasteiger partial charge is 0.481 e. The summed E-state index contributed by atoms with van der Waals surface area (Å²) in [5.74, 6) is -4.37. The highest BCUT2D eigenvalue weighted by molar-refractivity contribution is 7.98. The molecule has 0 bridgehead atoms. The fraction of sp³-hybridized carbons (Fsp3) is 0.500. The molecule has 13 nitrogen and oxygen atoms in total. The Morgan fingerprint density at radius 2 is 1.57 bits per heavy atom. The van der Waals surface area contributed by atoms with Crippen LogP contribution in [0.5, 0.6) is 0 Å². The zero-order valence-electron chi connectivity index (χ0n) is 22.4. The number of rotatable bonds is 18. The van der Waals surface area contributed by atoms with E-state index in [0.29, 0.717) is 37.1 Å². The number of nitrogens with two attached hydrogens (primary N) is 2. The van der Waals surface area contributed by atoms with Gasteiger partial charge >= 0.3 is 11.9 Å². The number of carbonyl (C=O) groups is 5. The van der Waals surface area contributed by atoms with Gasteiger partial charge in [0.05, 0.1) is 12.5 Å². The van der Waals surface area contributed by atoms with E-state index in [2.05, 4.69) is 20.9 Å². The number of H-pyrrole nitrogens is 1. The molecule has 2 aromatic rings. The van der Waals surface area contributed by atoms with Crippen LogP contribution in [0.15, 0.2) is 30.5 Å². The highest BCUT2D eigenvalue weighted by atomic mass is 32.2. The minimum absolute atomic E-state index is 0.0301. The van der Waals surface area contributed by atoms with Crippen LogP contribution in [0.2, 0.25) is 0 Å². The molecule has 0 aliphatic heterocycles. The van der Waals surface area contributed by atoms with Crippen molar-refractivity contribution in [1.29, 1.82) is 0 Å². The number of nitrogens with one attached hydrogen (secondary N) is 4. The predicted octanol–water partition coefficient (Wildman–Crippen LogP) is -0.0665. The van der Waals surface area contributed by atoms with Crippen molar-refractivity contribution in [3.8, 4) is 0 Å². The number of amides is 3. The van der Waals surface area contributed by atoms with Gasteiger partial charge < -0.3 is 42.6 Å². The zero-order chi connectivity index (χ0) is 29.7. The molecular weight excluding hydrogens is 540 g/mol. The second kappa shape index (κ2) is 16.5. The molecule has 2 rings (SSSR count). The van der Waals surface area contributed by atoms with Crippen LogP contribution in [0.25, 0.3) is 10.9 Å². The number of thioether (sulfide) groups is 1. The van der Waals surface area contributed by atoms with Crippen LogP contribution in [0.1, 0.15) is 37.7 Å². The number of fused-ring (bicyclic) bond motifs is 1. The number of benzene rings is 1. The monoisotopic (exact) mass is 578 g/mol. The smallest absolute Gasteiger partial charge is 0.326 e. The Hall–Kier alpha value is -3.62. The molecule has 0 aliphatic rings. The Morgan fingerprint density at radius 1 is 0.925 bits per heavy atom. The van der Waals surface area contributed by atoms with E-state index in [1.165, 1.54) is 11.8 Å². The second-order valence-electron chi connectivity index (χ2n) is 9.36. The molecule has 1 heterocycles. The standard InChI is InChI=1S/C26H38N6O7S/c1-40-11-9-17(28)23(35)31-21(13-22(33)34)25(37)32-20(12-15-14-29-18-7-3-2-6-16(15)18)24(36)30-19(26(38)39)8-4-5-10-27/h2-3,6-7,14,17,19-21,29H,4-5,8-13,27-28H2,1H3,(H,30,36)(H,31,35)(H,32,37)(H,33,34)(H,38,39). The van der Waals surface area contributed by atoms with Crippen molar-refractivity contribution in [2.75, 3.05) is 18.6 Å². The molecule has 4 atom stereocenters. The van der Waals surface area contributed by atoms with Crippen molar-refractivity contribution < 1.29 is 34.2 Å². The average Bonchev–Trinajstić information content (AvgIpc) is 3.32. The highest BCUT2D eigenvalue weighted by Gasteiger charge is 2.32. The number of carboxylic acid groups (broad SMARTS) is 2. The van der Waals surface area contributed by atoms with E-state index in [0.717, 1.165) is 10.9 Å². The number of unbranched alkanes of at least 4 members (excludes halogenated alkanes) is 1. The summed E-state index contributed by atoms with van der Waals surface area (Å²) in [4.78, 5) is 65.5. The third-order valence-corrected chi connectivity index (χ3v) is 6.92. The number of hydrogen-bond donors (Lipinski definition) is 8. The first kappa shape index (κ1) is 32.6. The summed E-state index contributed by atoms with van der Waals surface area (Å²) >= 11 is 1.48. The minimum Gasteiger partial charge on any atom is -0.481 e. The van der Waals surface area contributed by atoms with E-state index < -0.39 is 60.2 Å². The molecule has 0 radical (unpaired) electrons. The van der Waals surface area contributed by atoms with Crippen LogP contribution in [-0.2, 0) is 30.4 Å². The van der Waals surface area contributed by atoms with Crippen molar-refractivity contribution >= 4 is 52.3 Å². The van der Waals surface area contributed by atoms with Gasteiger partial charge in [-0.2, -0.15) is 11.8 Å². The Kier molecular flexibility index (Phi) is 13.4. The van der Waals surface area contributed by atoms with Gasteiger partial charge in [-0.05, 0) is 55.9 Å². The first-order valence-electron chi connectivity index (χ1n) is 12.9. The summed E-state index contributed by atoms with van der Waals surface area (Å²) in [7, 11) is 0. The molecule has 0 fully saturated rings. The third-order valence-electron chi connectivity index (χ3n) is 6.27.